The maximum atomic E-state index is 12.9. The van der Waals surface area contributed by atoms with E-state index in [2.05, 4.69) is 17.1 Å². The number of carbonyl (C=O) groups is 1. The average Bonchev–Trinajstić information content (AvgIpc) is 3.17. The van der Waals surface area contributed by atoms with Crippen LogP contribution in [0.25, 0.3) is 11.4 Å². The van der Waals surface area contributed by atoms with Gasteiger partial charge >= 0.3 is 5.97 Å². The normalized spacial score (nSPS) is 11.8. The first kappa shape index (κ1) is 18.6. The van der Waals surface area contributed by atoms with Crippen molar-refractivity contribution < 1.29 is 23.2 Å². The van der Waals surface area contributed by atoms with Crippen LogP contribution in [0.4, 0.5) is 4.39 Å². The Labute approximate surface area is 155 Å². The molecule has 0 N–H and O–H groups in total. The van der Waals surface area contributed by atoms with Gasteiger partial charge in [0, 0.05) is 5.56 Å². The highest BCUT2D eigenvalue weighted by molar-refractivity contribution is 5.74. The standard InChI is InChI=1S/C20H19FN2O4/c1-3-14-4-6-15(7-5-14)19-22-18(27-23-19)12-25-20(24)13(2)26-17-10-8-16(21)9-11-17/h4-11,13H,3,12H2,1-2H3/t13-/m1/s1. The number of hydrogen-bond acceptors (Lipinski definition) is 6. The van der Waals surface area contributed by atoms with Gasteiger partial charge in [-0.05, 0) is 43.2 Å². The molecule has 0 aliphatic carbocycles. The highest BCUT2D eigenvalue weighted by Crippen LogP contribution is 2.18. The van der Waals surface area contributed by atoms with E-state index in [9.17, 15) is 9.18 Å². The van der Waals surface area contributed by atoms with E-state index in [1.165, 1.54) is 29.8 Å². The number of benzene rings is 2. The molecule has 1 atom stereocenters. The fraction of sp³-hybridized carbons (Fsp3) is 0.250. The van der Waals surface area contributed by atoms with Crippen molar-refractivity contribution >= 4 is 5.97 Å². The molecule has 0 spiro atoms. The van der Waals surface area contributed by atoms with Crippen LogP contribution in [-0.2, 0) is 22.6 Å². The predicted molar refractivity (Wildman–Crippen MR) is 95.4 cm³/mol. The quantitative estimate of drug-likeness (QED) is 0.586. The lowest BCUT2D eigenvalue weighted by Crippen LogP contribution is -2.26. The average molecular weight is 370 g/mol. The Bertz CT molecular complexity index is 891. The van der Waals surface area contributed by atoms with E-state index in [0.717, 1.165) is 12.0 Å². The molecule has 0 bridgehead atoms. The number of aryl methyl sites for hydroxylation is 1. The Morgan fingerprint density at radius 1 is 1.15 bits per heavy atom. The Balaban J connectivity index is 1.54. The van der Waals surface area contributed by atoms with Gasteiger partial charge in [0.2, 0.25) is 5.82 Å². The van der Waals surface area contributed by atoms with Gasteiger partial charge in [-0.15, -0.1) is 0 Å². The van der Waals surface area contributed by atoms with Crippen molar-refractivity contribution in [3.8, 4) is 17.1 Å². The van der Waals surface area contributed by atoms with Crippen LogP contribution in [0.2, 0.25) is 0 Å². The molecule has 0 saturated carbocycles. The van der Waals surface area contributed by atoms with Crippen molar-refractivity contribution in [3.05, 3.63) is 65.8 Å². The van der Waals surface area contributed by atoms with Gasteiger partial charge < -0.3 is 14.0 Å². The predicted octanol–water partition coefficient (Wildman–Crippen LogP) is 3.95. The Morgan fingerprint density at radius 2 is 1.85 bits per heavy atom. The Hall–Kier alpha value is -3.22. The van der Waals surface area contributed by atoms with Gasteiger partial charge in [0.25, 0.3) is 5.89 Å². The molecule has 1 heterocycles. The summed E-state index contributed by atoms with van der Waals surface area (Å²) in [6.07, 6.45) is 0.0887. The second kappa shape index (κ2) is 8.44. The highest BCUT2D eigenvalue weighted by atomic mass is 19.1. The minimum atomic E-state index is -0.862. The van der Waals surface area contributed by atoms with Crippen molar-refractivity contribution in [2.45, 2.75) is 33.0 Å². The maximum Gasteiger partial charge on any atom is 0.347 e. The molecular formula is C20H19FN2O4. The van der Waals surface area contributed by atoms with Crippen LogP contribution in [0.15, 0.2) is 53.1 Å². The topological polar surface area (TPSA) is 74.5 Å². The third-order valence-electron chi connectivity index (χ3n) is 3.88. The first-order valence-electron chi connectivity index (χ1n) is 8.56. The van der Waals surface area contributed by atoms with Gasteiger partial charge in [0.1, 0.15) is 11.6 Å². The SMILES string of the molecule is CCc1ccc(-c2noc(COC(=O)[C@@H](C)Oc3ccc(F)cc3)n2)cc1. The Morgan fingerprint density at radius 3 is 2.52 bits per heavy atom. The van der Waals surface area contributed by atoms with E-state index < -0.39 is 12.1 Å². The first-order chi connectivity index (χ1) is 13.0. The van der Waals surface area contributed by atoms with Gasteiger partial charge in [-0.1, -0.05) is 36.3 Å². The molecule has 6 nitrogen and oxygen atoms in total. The van der Waals surface area contributed by atoms with Crippen molar-refractivity contribution in [1.29, 1.82) is 0 Å². The molecule has 0 fully saturated rings. The summed E-state index contributed by atoms with van der Waals surface area (Å²) in [5, 5.41) is 3.90. The summed E-state index contributed by atoms with van der Waals surface area (Å²) in [7, 11) is 0. The summed E-state index contributed by atoms with van der Waals surface area (Å²) in [6.45, 7) is 3.47. The number of halogens is 1. The summed E-state index contributed by atoms with van der Waals surface area (Å²) in [4.78, 5) is 16.2. The van der Waals surface area contributed by atoms with Crippen molar-refractivity contribution in [1.82, 2.24) is 10.1 Å². The highest BCUT2D eigenvalue weighted by Gasteiger charge is 2.18. The molecule has 7 heteroatoms. The number of rotatable bonds is 7. The number of ether oxygens (including phenoxy) is 2. The molecular weight excluding hydrogens is 351 g/mol. The van der Waals surface area contributed by atoms with Gasteiger partial charge in [0.15, 0.2) is 12.7 Å². The molecule has 0 aliphatic rings. The van der Waals surface area contributed by atoms with Crippen LogP contribution >= 0.6 is 0 Å². The van der Waals surface area contributed by atoms with Gasteiger partial charge in [0.05, 0.1) is 0 Å². The van der Waals surface area contributed by atoms with Crippen molar-refractivity contribution in [2.24, 2.45) is 0 Å². The maximum absolute atomic E-state index is 12.9. The molecule has 1 aromatic heterocycles. The number of hydrogen-bond donors (Lipinski definition) is 0. The molecule has 0 saturated heterocycles. The van der Waals surface area contributed by atoms with E-state index in [-0.39, 0.29) is 18.3 Å². The summed E-state index contributed by atoms with van der Waals surface area (Å²) >= 11 is 0. The molecule has 140 valence electrons. The number of carbonyl (C=O) groups excluding carboxylic acids is 1. The fourth-order valence-corrected chi connectivity index (χ4v) is 2.34. The van der Waals surface area contributed by atoms with Crippen LogP contribution in [0.3, 0.4) is 0 Å². The minimum Gasteiger partial charge on any atom is -0.479 e. The van der Waals surface area contributed by atoms with Crippen molar-refractivity contribution in [3.63, 3.8) is 0 Å². The molecule has 0 radical (unpaired) electrons. The lowest BCUT2D eigenvalue weighted by atomic mass is 10.1. The molecule has 3 rings (SSSR count). The summed E-state index contributed by atoms with van der Waals surface area (Å²) in [5.41, 5.74) is 2.04. The lowest BCUT2D eigenvalue weighted by molar-refractivity contribution is -0.153. The van der Waals surface area contributed by atoms with Crippen LogP contribution < -0.4 is 4.74 Å². The van der Waals surface area contributed by atoms with Gasteiger partial charge in [-0.3, -0.25) is 0 Å². The van der Waals surface area contributed by atoms with E-state index in [4.69, 9.17) is 14.0 Å². The molecule has 27 heavy (non-hydrogen) atoms. The smallest absolute Gasteiger partial charge is 0.347 e. The van der Waals surface area contributed by atoms with E-state index in [1.54, 1.807) is 6.92 Å². The Kier molecular flexibility index (Phi) is 5.80. The third-order valence-corrected chi connectivity index (χ3v) is 3.88. The molecule has 3 aromatic rings. The zero-order valence-electron chi connectivity index (χ0n) is 15.0. The third kappa shape index (κ3) is 4.91. The zero-order valence-corrected chi connectivity index (χ0v) is 15.0. The largest absolute Gasteiger partial charge is 0.479 e. The summed E-state index contributed by atoms with van der Waals surface area (Å²) in [5.74, 6) is 0.0168. The molecule has 0 aliphatic heterocycles. The molecule has 0 amide bonds. The minimum absolute atomic E-state index is 0.157. The van der Waals surface area contributed by atoms with Crippen LogP contribution in [0.1, 0.15) is 25.3 Å². The van der Waals surface area contributed by atoms with Gasteiger partial charge in [-0.2, -0.15) is 4.98 Å². The van der Waals surface area contributed by atoms with Crippen molar-refractivity contribution in [2.75, 3.05) is 0 Å². The monoisotopic (exact) mass is 370 g/mol. The van der Waals surface area contributed by atoms with Crippen LogP contribution in [0, 0.1) is 5.82 Å². The second-order valence-corrected chi connectivity index (χ2v) is 5.88. The number of aromatic nitrogens is 2. The van der Waals surface area contributed by atoms with E-state index in [0.29, 0.717) is 11.6 Å². The summed E-state index contributed by atoms with van der Waals surface area (Å²) < 4.78 is 28.5. The van der Waals surface area contributed by atoms with Crippen LogP contribution in [0.5, 0.6) is 5.75 Å². The summed E-state index contributed by atoms with van der Waals surface area (Å²) in [6, 6.07) is 13.2. The van der Waals surface area contributed by atoms with E-state index in [1.807, 2.05) is 24.3 Å². The number of esters is 1. The fourth-order valence-electron chi connectivity index (χ4n) is 2.34. The molecule has 2 aromatic carbocycles. The van der Waals surface area contributed by atoms with Crippen LogP contribution in [-0.4, -0.2) is 22.2 Å². The molecule has 0 unspecified atom stereocenters. The number of nitrogens with zero attached hydrogens (tertiary/aromatic N) is 2. The lowest BCUT2D eigenvalue weighted by Gasteiger charge is -2.13. The first-order valence-corrected chi connectivity index (χ1v) is 8.56. The zero-order chi connectivity index (χ0) is 19.2. The van der Waals surface area contributed by atoms with Gasteiger partial charge in [-0.25, -0.2) is 9.18 Å². The van der Waals surface area contributed by atoms with E-state index >= 15 is 0 Å². The second-order valence-electron chi connectivity index (χ2n) is 5.88.